The third kappa shape index (κ3) is 4.68. The number of likely N-dealkylation sites (N-methyl/N-ethyl adjacent to an activating group) is 1. The molecule has 32 heavy (non-hydrogen) atoms. The highest BCUT2D eigenvalue weighted by molar-refractivity contribution is 5.75. The van der Waals surface area contributed by atoms with Gasteiger partial charge in [-0.15, -0.1) is 0 Å². The molecule has 170 valence electrons. The van der Waals surface area contributed by atoms with Gasteiger partial charge in [-0.25, -0.2) is 4.39 Å². The molecular weight excluding hydrogens is 399 g/mol. The van der Waals surface area contributed by atoms with Crippen molar-refractivity contribution in [3.05, 3.63) is 76.2 Å². The van der Waals surface area contributed by atoms with Crippen LogP contribution in [0.5, 0.6) is 0 Å². The number of hydrogen-bond donors (Lipinski definition) is 3. The summed E-state index contributed by atoms with van der Waals surface area (Å²) in [6.07, 6.45) is 5.02. The molecule has 1 atom stereocenters. The van der Waals surface area contributed by atoms with Gasteiger partial charge >= 0.3 is 0 Å². The molecule has 0 amide bonds. The highest BCUT2D eigenvalue weighted by atomic mass is 19.1. The molecule has 2 aliphatic heterocycles. The van der Waals surface area contributed by atoms with Gasteiger partial charge in [-0.05, 0) is 79.3 Å². The van der Waals surface area contributed by atoms with Crippen molar-refractivity contribution in [1.82, 2.24) is 10.2 Å². The van der Waals surface area contributed by atoms with Gasteiger partial charge in [0.05, 0.1) is 11.7 Å². The van der Waals surface area contributed by atoms with Crippen LogP contribution < -0.4 is 16.4 Å². The Balaban J connectivity index is 1.72. The summed E-state index contributed by atoms with van der Waals surface area (Å²) in [5, 5.41) is 7.22. The van der Waals surface area contributed by atoms with Gasteiger partial charge in [0.25, 0.3) is 0 Å². The maximum absolute atomic E-state index is 14.0. The van der Waals surface area contributed by atoms with Gasteiger partial charge in [0.15, 0.2) is 0 Å². The monoisotopic (exact) mass is 434 g/mol. The fourth-order valence-corrected chi connectivity index (χ4v) is 4.77. The summed E-state index contributed by atoms with van der Waals surface area (Å²) in [5.74, 6) is -0.141. The van der Waals surface area contributed by atoms with Gasteiger partial charge in [-0.1, -0.05) is 32.1 Å². The molecule has 2 aromatic carbocycles. The predicted octanol–water partition coefficient (Wildman–Crippen LogP) is 5.29. The summed E-state index contributed by atoms with van der Waals surface area (Å²) in [6, 6.07) is 12.2. The highest BCUT2D eigenvalue weighted by Crippen LogP contribution is 2.35. The lowest BCUT2D eigenvalue weighted by Crippen LogP contribution is -2.28. The molecule has 0 spiro atoms. The van der Waals surface area contributed by atoms with E-state index in [-0.39, 0.29) is 11.9 Å². The van der Waals surface area contributed by atoms with E-state index in [0.29, 0.717) is 6.42 Å². The standard InChI is InChI=1S/C27H35FN4/c1-4-19-16-22(7-9-25(19)28)31-26-10-13-30-27(18(3)29)23-8-6-21(17-24(23)26)20-11-14-32(5-2)15-12-20/h6-9,11,16-17,26,30-31H,4-5,10,12-15,29H2,1-3H3/b27-18-. The number of rotatable bonds is 5. The van der Waals surface area contributed by atoms with Crippen molar-refractivity contribution in [3.8, 4) is 0 Å². The zero-order valence-corrected chi connectivity index (χ0v) is 19.5. The normalized spacial score (nSPS) is 20.6. The van der Waals surface area contributed by atoms with Gasteiger partial charge in [0, 0.05) is 36.6 Å². The lowest BCUT2D eigenvalue weighted by Gasteiger charge is -2.26. The summed E-state index contributed by atoms with van der Waals surface area (Å²) in [7, 11) is 0. The van der Waals surface area contributed by atoms with Crippen molar-refractivity contribution >= 4 is 17.0 Å². The van der Waals surface area contributed by atoms with Crippen LogP contribution in [0.1, 0.15) is 61.9 Å². The van der Waals surface area contributed by atoms with E-state index < -0.39 is 0 Å². The summed E-state index contributed by atoms with van der Waals surface area (Å²) < 4.78 is 14.0. The number of nitrogens with one attached hydrogen (secondary N) is 2. The molecule has 4 N–H and O–H groups in total. The minimum atomic E-state index is -0.141. The quantitative estimate of drug-likeness (QED) is 0.598. The molecule has 1 unspecified atom stereocenters. The molecule has 0 bridgehead atoms. The molecule has 0 radical (unpaired) electrons. The smallest absolute Gasteiger partial charge is 0.126 e. The van der Waals surface area contributed by atoms with Crippen LogP contribution in [-0.4, -0.2) is 31.1 Å². The molecule has 2 aliphatic rings. The summed E-state index contributed by atoms with van der Waals surface area (Å²) in [4.78, 5) is 2.46. The topological polar surface area (TPSA) is 53.3 Å². The summed E-state index contributed by atoms with van der Waals surface area (Å²) in [5.41, 5.74) is 14.8. The van der Waals surface area contributed by atoms with Crippen LogP contribution in [0, 0.1) is 5.82 Å². The van der Waals surface area contributed by atoms with Gasteiger partial charge in [0.1, 0.15) is 5.82 Å². The maximum Gasteiger partial charge on any atom is 0.126 e. The van der Waals surface area contributed by atoms with Crippen LogP contribution >= 0.6 is 0 Å². The average Bonchev–Trinajstić information content (AvgIpc) is 2.99. The lowest BCUT2D eigenvalue weighted by atomic mass is 9.90. The molecule has 0 saturated carbocycles. The number of aryl methyl sites for hydroxylation is 1. The summed E-state index contributed by atoms with van der Waals surface area (Å²) in [6.45, 7) is 10.2. The fraction of sp³-hybridized carbons (Fsp3) is 0.407. The Morgan fingerprint density at radius 1 is 1.22 bits per heavy atom. The van der Waals surface area contributed by atoms with E-state index in [1.807, 2.05) is 26.0 Å². The third-order valence-electron chi connectivity index (χ3n) is 6.70. The van der Waals surface area contributed by atoms with E-state index in [0.717, 1.165) is 67.2 Å². The molecule has 0 aliphatic carbocycles. The summed E-state index contributed by atoms with van der Waals surface area (Å²) >= 11 is 0. The molecule has 4 rings (SSSR count). The highest BCUT2D eigenvalue weighted by Gasteiger charge is 2.24. The van der Waals surface area contributed by atoms with Crippen molar-refractivity contribution in [2.45, 2.75) is 46.1 Å². The SMILES string of the molecule is CCc1cc(NC2CCN/C(=C(/C)N)c3ccc(C4=CCN(CC)CC4)cc32)ccc1F. The van der Waals surface area contributed by atoms with E-state index in [2.05, 4.69) is 46.7 Å². The van der Waals surface area contributed by atoms with Crippen LogP contribution in [0.3, 0.4) is 0 Å². The second-order valence-corrected chi connectivity index (χ2v) is 8.80. The number of fused-ring (bicyclic) bond motifs is 1. The number of nitrogens with zero attached hydrogens (tertiary/aromatic N) is 1. The first-order chi connectivity index (χ1) is 15.5. The van der Waals surface area contributed by atoms with Crippen LogP contribution in [0.15, 0.2) is 48.2 Å². The average molecular weight is 435 g/mol. The number of allylic oxidation sites excluding steroid dienone is 1. The molecule has 0 saturated heterocycles. The van der Waals surface area contributed by atoms with Crippen molar-refractivity contribution < 1.29 is 4.39 Å². The Hall–Kier alpha value is -2.79. The number of nitrogens with two attached hydrogens (primary N) is 1. The molecule has 2 heterocycles. The zero-order valence-electron chi connectivity index (χ0n) is 19.5. The Morgan fingerprint density at radius 3 is 2.75 bits per heavy atom. The number of hydrogen-bond acceptors (Lipinski definition) is 4. The van der Waals surface area contributed by atoms with Gasteiger partial charge in [-0.2, -0.15) is 0 Å². The first-order valence-electron chi connectivity index (χ1n) is 11.8. The first kappa shape index (κ1) is 22.4. The minimum Gasteiger partial charge on any atom is -0.401 e. The van der Waals surface area contributed by atoms with E-state index in [1.165, 1.54) is 16.7 Å². The van der Waals surface area contributed by atoms with Gasteiger partial charge < -0.3 is 16.4 Å². The van der Waals surface area contributed by atoms with Crippen molar-refractivity contribution in [2.24, 2.45) is 5.73 Å². The largest absolute Gasteiger partial charge is 0.401 e. The van der Waals surface area contributed by atoms with Crippen LogP contribution in [0.2, 0.25) is 0 Å². The fourth-order valence-electron chi connectivity index (χ4n) is 4.77. The number of benzene rings is 2. The van der Waals surface area contributed by atoms with Crippen LogP contribution in [0.25, 0.3) is 11.3 Å². The number of halogens is 1. The van der Waals surface area contributed by atoms with Crippen LogP contribution in [-0.2, 0) is 6.42 Å². The lowest BCUT2D eigenvalue weighted by molar-refractivity contribution is 0.319. The van der Waals surface area contributed by atoms with Crippen molar-refractivity contribution in [2.75, 3.05) is 31.5 Å². The van der Waals surface area contributed by atoms with E-state index >= 15 is 0 Å². The second kappa shape index (κ2) is 9.78. The van der Waals surface area contributed by atoms with Crippen molar-refractivity contribution in [3.63, 3.8) is 0 Å². The van der Waals surface area contributed by atoms with Crippen LogP contribution in [0.4, 0.5) is 10.1 Å². The zero-order chi connectivity index (χ0) is 22.7. The second-order valence-electron chi connectivity index (χ2n) is 8.80. The molecule has 5 heteroatoms. The minimum absolute atomic E-state index is 0.112. The Labute approximate surface area is 191 Å². The van der Waals surface area contributed by atoms with E-state index in [4.69, 9.17) is 5.73 Å². The molecule has 4 nitrogen and oxygen atoms in total. The molecular formula is C27H35FN4. The molecule has 0 aromatic heterocycles. The Bertz CT molecular complexity index is 1040. The first-order valence-corrected chi connectivity index (χ1v) is 11.8. The third-order valence-corrected chi connectivity index (χ3v) is 6.70. The Kier molecular flexibility index (Phi) is 6.85. The Morgan fingerprint density at radius 2 is 2.06 bits per heavy atom. The molecule has 0 fully saturated rings. The van der Waals surface area contributed by atoms with Gasteiger partial charge in [0.2, 0.25) is 0 Å². The molecule has 2 aromatic rings. The van der Waals surface area contributed by atoms with E-state index in [9.17, 15) is 4.39 Å². The van der Waals surface area contributed by atoms with E-state index in [1.54, 1.807) is 6.07 Å². The number of anilines is 1. The maximum atomic E-state index is 14.0. The van der Waals surface area contributed by atoms with Gasteiger partial charge in [-0.3, -0.25) is 4.90 Å². The predicted molar refractivity (Wildman–Crippen MR) is 133 cm³/mol. The van der Waals surface area contributed by atoms with Crippen molar-refractivity contribution in [1.29, 1.82) is 0 Å².